The number of sulfonamides is 1. The molecule has 7 nitrogen and oxygen atoms in total. The van der Waals surface area contributed by atoms with Crippen LogP contribution in [-0.2, 0) is 16.6 Å². The number of anilines is 1. The van der Waals surface area contributed by atoms with Crippen molar-refractivity contribution in [3.8, 4) is 0 Å². The van der Waals surface area contributed by atoms with Gasteiger partial charge in [0, 0.05) is 16.6 Å². The van der Waals surface area contributed by atoms with Gasteiger partial charge < -0.3 is 0 Å². The Morgan fingerprint density at radius 1 is 1.00 bits per heavy atom. The van der Waals surface area contributed by atoms with Crippen LogP contribution in [0.4, 0.5) is 5.95 Å². The van der Waals surface area contributed by atoms with Crippen molar-refractivity contribution in [3.63, 3.8) is 0 Å². The lowest BCUT2D eigenvalue weighted by Gasteiger charge is -2.07. The van der Waals surface area contributed by atoms with Crippen LogP contribution in [0.3, 0.4) is 0 Å². The van der Waals surface area contributed by atoms with Crippen molar-refractivity contribution < 1.29 is 8.42 Å². The molecule has 0 saturated heterocycles. The number of halogens is 1. The predicted octanol–water partition coefficient (Wildman–Crippen LogP) is 3.33. The molecule has 9 heteroatoms. The molecule has 136 valence electrons. The van der Waals surface area contributed by atoms with Crippen molar-refractivity contribution in [3.05, 3.63) is 77.7 Å². The molecule has 0 bridgehead atoms. The molecule has 0 atom stereocenters. The molecule has 0 aliphatic rings. The Morgan fingerprint density at radius 2 is 1.78 bits per heavy atom. The van der Waals surface area contributed by atoms with E-state index in [0.717, 1.165) is 10.9 Å². The van der Waals surface area contributed by atoms with Gasteiger partial charge in [-0.15, -0.1) is 5.10 Å². The molecule has 0 saturated carbocycles. The lowest BCUT2D eigenvalue weighted by Crippen LogP contribution is -2.15. The van der Waals surface area contributed by atoms with E-state index < -0.39 is 10.0 Å². The van der Waals surface area contributed by atoms with Crippen molar-refractivity contribution in [1.82, 2.24) is 19.7 Å². The van der Waals surface area contributed by atoms with E-state index in [1.165, 1.54) is 12.4 Å². The molecule has 0 amide bonds. The Balaban J connectivity index is 1.58. The number of nitrogens with zero attached hydrogens (tertiary/aromatic N) is 4. The van der Waals surface area contributed by atoms with Gasteiger partial charge in [-0.2, -0.15) is 4.98 Å². The lowest BCUT2D eigenvalue weighted by atomic mass is 10.2. The van der Waals surface area contributed by atoms with Crippen molar-refractivity contribution in [1.29, 1.82) is 0 Å². The number of benzene rings is 2. The number of aromatic nitrogens is 4. The van der Waals surface area contributed by atoms with Crippen molar-refractivity contribution >= 4 is 38.5 Å². The van der Waals surface area contributed by atoms with Crippen molar-refractivity contribution in [2.75, 3.05) is 4.72 Å². The number of fused-ring (bicyclic) bond motifs is 1. The van der Waals surface area contributed by atoms with Crippen LogP contribution in [0.5, 0.6) is 0 Å². The molecule has 2 aromatic heterocycles. The summed E-state index contributed by atoms with van der Waals surface area (Å²) < 4.78 is 29.5. The fraction of sp³-hybridized carbons (Fsp3) is 0.0556. The number of hydrogen-bond donors (Lipinski definition) is 1. The van der Waals surface area contributed by atoms with Crippen LogP contribution >= 0.6 is 11.6 Å². The Kier molecular flexibility index (Phi) is 4.51. The summed E-state index contributed by atoms with van der Waals surface area (Å²) in [5.74, 6) is -0.00287. The molecule has 1 N–H and O–H groups in total. The average Bonchev–Trinajstić information content (AvgIpc) is 3.09. The zero-order valence-corrected chi connectivity index (χ0v) is 15.5. The highest BCUT2D eigenvalue weighted by molar-refractivity contribution is 7.93. The molecule has 4 rings (SSSR count). The molecule has 2 heterocycles. The largest absolute Gasteiger partial charge is 0.266 e. The van der Waals surface area contributed by atoms with E-state index in [9.17, 15) is 8.42 Å². The van der Waals surface area contributed by atoms with Crippen molar-refractivity contribution in [2.45, 2.75) is 11.4 Å². The van der Waals surface area contributed by atoms with Crippen LogP contribution in [0, 0.1) is 0 Å². The maximum absolute atomic E-state index is 12.8. The van der Waals surface area contributed by atoms with Gasteiger partial charge in [-0.1, -0.05) is 41.9 Å². The van der Waals surface area contributed by atoms with E-state index in [1.807, 2.05) is 12.1 Å². The summed E-state index contributed by atoms with van der Waals surface area (Å²) in [4.78, 5) is 8.30. The van der Waals surface area contributed by atoms with E-state index in [2.05, 4.69) is 19.8 Å². The van der Waals surface area contributed by atoms with E-state index >= 15 is 0 Å². The quantitative estimate of drug-likeness (QED) is 0.556. The first kappa shape index (κ1) is 17.4. The van der Waals surface area contributed by atoms with Gasteiger partial charge in [0.2, 0.25) is 0 Å². The normalized spacial score (nSPS) is 11.6. The standard InChI is InChI=1S/C18H14ClN5O2S/c19-15-8-6-13(7-9-15)11-24-12-21-18(22-24)23-27(25,26)16-5-1-3-14-4-2-10-20-17(14)16/h1-10,12H,11H2,(H,22,23). The highest BCUT2D eigenvalue weighted by Crippen LogP contribution is 2.22. The second-order valence-corrected chi connectivity index (χ2v) is 7.92. The lowest BCUT2D eigenvalue weighted by molar-refractivity contribution is 0.601. The van der Waals surface area contributed by atoms with Gasteiger partial charge in [0.05, 0.1) is 12.1 Å². The third-order valence-corrected chi connectivity index (χ3v) is 5.52. The summed E-state index contributed by atoms with van der Waals surface area (Å²) in [6.45, 7) is 0.446. The summed E-state index contributed by atoms with van der Waals surface area (Å²) in [5.41, 5.74) is 1.37. The van der Waals surface area contributed by atoms with E-state index in [0.29, 0.717) is 17.1 Å². The first-order chi connectivity index (χ1) is 13.0. The first-order valence-electron chi connectivity index (χ1n) is 8.02. The van der Waals surface area contributed by atoms with Crippen molar-refractivity contribution in [2.24, 2.45) is 0 Å². The van der Waals surface area contributed by atoms with Gasteiger partial charge in [-0.25, -0.2) is 17.8 Å². The summed E-state index contributed by atoms with van der Waals surface area (Å²) in [6.07, 6.45) is 3.02. The van der Waals surface area contributed by atoms with Crippen LogP contribution < -0.4 is 4.72 Å². The van der Waals surface area contributed by atoms with Crippen LogP contribution in [0.2, 0.25) is 5.02 Å². The smallest absolute Gasteiger partial charge is 0.255 e. The predicted molar refractivity (Wildman–Crippen MR) is 103 cm³/mol. The van der Waals surface area contributed by atoms with Gasteiger partial charge in [-0.05, 0) is 29.8 Å². The highest BCUT2D eigenvalue weighted by atomic mass is 35.5. The molecule has 0 aliphatic heterocycles. The van der Waals surface area contributed by atoms with Gasteiger partial charge >= 0.3 is 0 Å². The minimum absolute atomic E-state index is 0.00287. The van der Waals surface area contributed by atoms with E-state index in [4.69, 9.17) is 11.6 Å². The maximum atomic E-state index is 12.8. The minimum atomic E-state index is -3.87. The molecule has 0 aliphatic carbocycles. The number of rotatable bonds is 5. The second kappa shape index (κ2) is 6.98. The Morgan fingerprint density at radius 3 is 2.59 bits per heavy atom. The van der Waals surface area contributed by atoms with Crippen LogP contribution in [0.15, 0.2) is 72.0 Å². The van der Waals surface area contributed by atoms with Crippen LogP contribution in [-0.4, -0.2) is 28.2 Å². The number of hydrogen-bond acceptors (Lipinski definition) is 5. The van der Waals surface area contributed by atoms with Gasteiger partial charge in [0.15, 0.2) is 0 Å². The fourth-order valence-electron chi connectivity index (χ4n) is 2.66. The third kappa shape index (κ3) is 3.76. The van der Waals surface area contributed by atoms with Crippen LogP contribution in [0.25, 0.3) is 10.9 Å². The zero-order chi connectivity index (χ0) is 18.9. The average molecular weight is 400 g/mol. The molecule has 0 unspecified atom stereocenters. The molecule has 2 aromatic carbocycles. The SMILES string of the molecule is O=S(=O)(Nc1ncn(Cc2ccc(Cl)cc2)n1)c1cccc2cccnc12. The molecule has 4 aromatic rings. The summed E-state index contributed by atoms with van der Waals surface area (Å²) in [7, 11) is -3.87. The molecule has 0 radical (unpaired) electrons. The monoisotopic (exact) mass is 399 g/mol. The van der Waals surface area contributed by atoms with E-state index in [-0.39, 0.29) is 10.8 Å². The second-order valence-electron chi connectivity index (χ2n) is 5.83. The Bertz CT molecular complexity index is 1200. The highest BCUT2D eigenvalue weighted by Gasteiger charge is 2.20. The molecular weight excluding hydrogens is 386 g/mol. The molecule has 0 spiro atoms. The van der Waals surface area contributed by atoms with Gasteiger partial charge in [0.1, 0.15) is 11.2 Å². The number of para-hydroxylation sites is 1. The Hall–Kier alpha value is -2.97. The van der Waals surface area contributed by atoms with Gasteiger partial charge in [0.25, 0.3) is 16.0 Å². The minimum Gasteiger partial charge on any atom is -0.255 e. The summed E-state index contributed by atoms with van der Waals surface area (Å²) in [5, 5.41) is 5.57. The van der Waals surface area contributed by atoms with Gasteiger partial charge in [-0.3, -0.25) is 4.98 Å². The summed E-state index contributed by atoms with van der Waals surface area (Å²) in [6, 6.07) is 15.8. The third-order valence-electron chi connectivity index (χ3n) is 3.91. The Labute approximate surface area is 160 Å². The first-order valence-corrected chi connectivity index (χ1v) is 9.88. The number of pyridine rings is 1. The summed E-state index contributed by atoms with van der Waals surface area (Å²) >= 11 is 5.87. The maximum Gasteiger partial charge on any atom is 0.266 e. The van der Waals surface area contributed by atoms with Crippen LogP contribution in [0.1, 0.15) is 5.56 Å². The fourth-order valence-corrected chi connectivity index (χ4v) is 3.92. The zero-order valence-electron chi connectivity index (χ0n) is 13.9. The topological polar surface area (TPSA) is 89.8 Å². The number of nitrogens with one attached hydrogen (secondary N) is 1. The molecule has 27 heavy (non-hydrogen) atoms. The molecular formula is C18H14ClN5O2S. The van der Waals surface area contributed by atoms with E-state index in [1.54, 1.807) is 47.3 Å². The molecule has 0 fully saturated rings.